The average Bonchev–Trinajstić information content (AvgIpc) is 2.46. The van der Waals surface area contributed by atoms with Crippen LogP contribution in [-0.4, -0.2) is 29.5 Å². The summed E-state index contributed by atoms with van der Waals surface area (Å²) >= 11 is 0. The summed E-state index contributed by atoms with van der Waals surface area (Å²) in [5.41, 5.74) is 0. The average molecular weight is 171 g/mol. The molecule has 0 bridgehead atoms. The fourth-order valence-electron chi connectivity index (χ4n) is 1.10. The van der Waals surface area contributed by atoms with E-state index in [4.69, 9.17) is 4.42 Å². The van der Waals surface area contributed by atoms with Gasteiger partial charge in [0.05, 0.1) is 13.1 Å². The highest BCUT2D eigenvalue weighted by molar-refractivity contribution is 5.29. The Balaban J connectivity index is 2.04. The predicted molar refractivity (Wildman–Crippen MR) is 40.8 cm³/mol. The summed E-state index contributed by atoms with van der Waals surface area (Å²) in [6.07, 6.45) is -0.0122. The van der Waals surface area contributed by atoms with E-state index in [2.05, 4.69) is 10.2 Å². The molecule has 0 saturated carbocycles. The molecule has 0 atom stereocenters. The molecule has 2 heterocycles. The molecule has 1 aromatic rings. The first-order chi connectivity index (χ1) is 5.79. The van der Waals surface area contributed by atoms with Gasteiger partial charge in [0.25, 0.3) is 0 Å². The van der Waals surface area contributed by atoms with Crippen LogP contribution < -0.4 is 4.90 Å². The summed E-state index contributed by atoms with van der Waals surface area (Å²) < 4.78 is 17.6. The second-order valence-electron chi connectivity index (χ2n) is 2.83. The Morgan fingerprint density at radius 2 is 2.33 bits per heavy atom. The number of hydrogen-bond donors (Lipinski definition) is 0. The third kappa shape index (κ3) is 1.15. The molecule has 2 rings (SSSR count). The highest BCUT2D eigenvalue weighted by atomic mass is 19.1. The highest BCUT2D eigenvalue weighted by Crippen LogP contribution is 2.20. The molecule has 0 N–H and O–H groups in total. The minimum atomic E-state index is -0.734. The topological polar surface area (TPSA) is 42.2 Å². The van der Waals surface area contributed by atoms with Crippen molar-refractivity contribution in [3.63, 3.8) is 0 Å². The molecule has 1 aliphatic heterocycles. The van der Waals surface area contributed by atoms with Gasteiger partial charge in [-0.15, -0.1) is 5.10 Å². The lowest BCUT2D eigenvalue weighted by Crippen LogP contribution is -2.48. The van der Waals surface area contributed by atoms with Gasteiger partial charge >= 0.3 is 6.01 Å². The summed E-state index contributed by atoms with van der Waals surface area (Å²) in [5.74, 6) is 0.604. The van der Waals surface area contributed by atoms with Crippen molar-refractivity contribution >= 4 is 6.01 Å². The van der Waals surface area contributed by atoms with Crippen molar-refractivity contribution in [3.8, 4) is 0 Å². The molecule has 0 amide bonds. The second kappa shape index (κ2) is 2.73. The molecule has 4 nitrogen and oxygen atoms in total. The summed E-state index contributed by atoms with van der Waals surface area (Å²) in [4.78, 5) is 1.73. The molecule has 1 aromatic heterocycles. The van der Waals surface area contributed by atoms with Gasteiger partial charge in [0.1, 0.15) is 6.17 Å². The lowest BCUT2D eigenvalue weighted by molar-refractivity contribution is 0.262. The zero-order valence-corrected chi connectivity index (χ0v) is 6.83. The van der Waals surface area contributed by atoms with Gasteiger partial charge in [-0.2, -0.15) is 0 Å². The van der Waals surface area contributed by atoms with Crippen LogP contribution in [0.4, 0.5) is 10.4 Å². The SMILES string of the molecule is CCc1nnc(N2CC(F)C2)o1. The zero-order chi connectivity index (χ0) is 8.55. The molecule has 0 radical (unpaired) electrons. The van der Waals surface area contributed by atoms with E-state index in [1.165, 1.54) is 0 Å². The van der Waals surface area contributed by atoms with Crippen LogP contribution in [0.25, 0.3) is 0 Å². The van der Waals surface area contributed by atoms with Crippen LogP contribution in [0.1, 0.15) is 12.8 Å². The van der Waals surface area contributed by atoms with Crippen LogP contribution in [0.5, 0.6) is 0 Å². The van der Waals surface area contributed by atoms with Crippen molar-refractivity contribution in [2.24, 2.45) is 0 Å². The summed E-state index contributed by atoms with van der Waals surface area (Å²) in [6.45, 7) is 2.70. The van der Waals surface area contributed by atoms with Gasteiger partial charge in [0.2, 0.25) is 5.89 Å². The molecule has 0 aromatic carbocycles. The van der Waals surface area contributed by atoms with Crippen LogP contribution >= 0.6 is 0 Å². The molecule has 1 aliphatic rings. The largest absolute Gasteiger partial charge is 0.408 e. The van der Waals surface area contributed by atoms with Gasteiger partial charge in [0.15, 0.2) is 0 Å². The Morgan fingerprint density at radius 1 is 1.58 bits per heavy atom. The summed E-state index contributed by atoms with van der Waals surface area (Å²) in [6, 6.07) is 0.445. The van der Waals surface area contributed by atoms with Crippen molar-refractivity contribution in [3.05, 3.63) is 5.89 Å². The lowest BCUT2D eigenvalue weighted by Gasteiger charge is -2.32. The Morgan fingerprint density at radius 3 is 2.83 bits per heavy atom. The minimum absolute atomic E-state index is 0.380. The highest BCUT2D eigenvalue weighted by Gasteiger charge is 2.29. The number of aryl methyl sites for hydroxylation is 1. The first-order valence-electron chi connectivity index (χ1n) is 4.01. The molecule has 1 saturated heterocycles. The van der Waals surface area contributed by atoms with Gasteiger partial charge in [-0.05, 0) is 0 Å². The number of halogens is 1. The Hall–Kier alpha value is -1.13. The normalized spacial score (nSPS) is 18.0. The maximum atomic E-state index is 12.4. The fraction of sp³-hybridized carbons (Fsp3) is 0.714. The van der Waals surface area contributed by atoms with E-state index in [-0.39, 0.29) is 0 Å². The number of aromatic nitrogens is 2. The van der Waals surface area contributed by atoms with Crippen LogP contribution in [0.3, 0.4) is 0 Å². The van der Waals surface area contributed by atoms with Crippen LogP contribution in [0.2, 0.25) is 0 Å². The molecular weight excluding hydrogens is 161 g/mol. The van der Waals surface area contributed by atoms with E-state index in [1.807, 2.05) is 6.92 Å². The van der Waals surface area contributed by atoms with E-state index in [0.717, 1.165) is 6.42 Å². The third-order valence-electron chi connectivity index (χ3n) is 1.87. The molecule has 12 heavy (non-hydrogen) atoms. The number of nitrogens with zero attached hydrogens (tertiary/aromatic N) is 3. The molecule has 5 heteroatoms. The molecule has 0 aliphatic carbocycles. The van der Waals surface area contributed by atoms with E-state index in [1.54, 1.807) is 4.90 Å². The molecule has 0 unspecified atom stereocenters. The van der Waals surface area contributed by atoms with Crippen LogP contribution in [0, 0.1) is 0 Å². The van der Waals surface area contributed by atoms with Crippen molar-refractivity contribution in [1.82, 2.24) is 10.2 Å². The van der Waals surface area contributed by atoms with E-state index < -0.39 is 6.17 Å². The molecular formula is C7H10FN3O. The standard InChI is InChI=1S/C7H10FN3O/c1-2-6-9-10-7(12-6)11-3-5(8)4-11/h5H,2-4H2,1H3. The van der Waals surface area contributed by atoms with Gasteiger partial charge < -0.3 is 9.32 Å². The summed E-state index contributed by atoms with van der Waals surface area (Å²) in [7, 11) is 0. The maximum Gasteiger partial charge on any atom is 0.318 e. The van der Waals surface area contributed by atoms with E-state index in [0.29, 0.717) is 25.0 Å². The number of anilines is 1. The van der Waals surface area contributed by atoms with Crippen molar-refractivity contribution in [2.75, 3.05) is 18.0 Å². The first kappa shape index (κ1) is 7.52. The Kier molecular flexibility index (Phi) is 1.71. The maximum absolute atomic E-state index is 12.4. The second-order valence-corrected chi connectivity index (χ2v) is 2.83. The Bertz CT molecular complexity index is 269. The smallest absolute Gasteiger partial charge is 0.318 e. The van der Waals surface area contributed by atoms with Gasteiger partial charge in [-0.25, -0.2) is 4.39 Å². The lowest BCUT2D eigenvalue weighted by atomic mass is 10.2. The Labute approximate surface area is 69.4 Å². The summed E-state index contributed by atoms with van der Waals surface area (Å²) in [5, 5.41) is 7.57. The van der Waals surface area contributed by atoms with Crippen LogP contribution in [-0.2, 0) is 6.42 Å². The first-order valence-corrected chi connectivity index (χ1v) is 4.01. The van der Waals surface area contributed by atoms with Crippen molar-refractivity contribution < 1.29 is 8.81 Å². The van der Waals surface area contributed by atoms with E-state index in [9.17, 15) is 4.39 Å². The van der Waals surface area contributed by atoms with Gasteiger partial charge in [-0.1, -0.05) is 12.0 Å². The molecule has 0 spiro atoms. The van der Waals surface area contributed by atoms with Crippen molar-refractivity contribution in [2.45, 2.75) is 19.5 Å². The molecule has 1 fully saturated rings. The number of alkyl halides is 1. The third-order valence-corrected chi connectivity index (χ3v) is 1.87. The van der Waals surface area contributed by atoms with Gasteiger partial charge in [0, 0.05) is 6.42 Å². The fourth-order valence-corrected chi connectivity index (χ4v) is 1.10. The molecule has 66 valence electrons. The zero-order valence-electron chi connectivity index (χ0n) is 6.83. The minimum Gasteiger partial charge on any atom is -0.408 e. The van der Waals surface area contributed by atoms with Crippen molar-refractivity contribution in [1.29, 1.82) is 0 Å². The number of hydrogen-bond acceptors (Lipinski definition) is 4. The van der Waals surface area contributed by atoms with E-state index >= 15 is 0 Å². The van der Waals surface area contributed by atoms with Gasteiger partial charge in [-0.3, -0.25) is 0 Å². The number of rotatable bonds is 2. The monoisotopic (exact) mass is 171 g/mol. The quantitative estimate of drug-likeness (QED) is 0.659. The predicted octanol–water partition coefficient (Wildman–Crippen LogP) is 0.790. The van der Waals surface area contributed by atoms with Crippen LogP contribution in [0.15, 0.2) is 4.42 Å².